The molecule has 1 fully saturated rings. The molecule has 1 saturated carbocycles. The van der Waals surface area contributed by atoms with Crippen LogP contribution in [0.4, 0.5) is 0 Å². The summed E-state index contributed by atoms with van der Waals surface area (Å²) in [6, 6.07) is 8.57. The molecule has 0 saturated heterocycles. The van der Waals surface area contributed by atoms with Crippen LogP contribution in [0.1, 0.15) is 38.2 Å². The third kappa shape index (κ3) is 4.32. The van der Waals surface area contributed by atoms with Gasteiger partial charge in [0.05, 0.1) is 0 Å². The van der Waals surface area contributed by atoms with Gasteiger partial charge in [-0.1, -0.05) is 41.1 Å². The standard InChI is InChI=1S/C16H23BrN2O/c1-12(10-18)6-9-16(20)19(14-7-8-14)11-13-4-2-3-5-15(13)17/h2-5,12,14H,6-11,18H2,1H3. The van der Waals surface area contributed by atoms with Gasteiger partial charge in [0.15, 0.2) is 0 Å². The SMILES string of the molecule is CC(CN)CCC(=O)N(Cc1ccccc1Br)C1CC1. The summed E-state index contributed by atoms with van der Waals surface area (Å²) >= 11 is 3.56. The fourth-order valence-corrected chi connectivity index (χ4v) is 2.66. The van der Waals surface area contributed by atoms with Crippen molar-refractivity contribution >= 4 is 21.8 Å². The van der Waals surface area contributed by atoms with Crippen molar-refractivity contribution < 1.29 is 4.79 Å². The molecule has 1 aliphatic carbocycles. The molecular weight excluding hydrogens is 316 g/mol. The third-order valence-electron chi connectivity index (χ3n) is 3.86. The van der Waals surface area contributed by atoms with Gasteiger partial charge in [0.1, 0.15) is 0 Å². The number of hydrogen-bond acceptors (Lipinski definition) is 2. The van der Waals surface area contributed by atoms with Gasteiger partial charge in [-0.25, -0.2) is 0 Å². The Morgan fingerprint density at radius 1 is 1.45 bits per heavy atom. The van der Waals surface area contributed by atoms with Crippen molar-refractivity contribution in [2.75, 3.05) is 6.54 Å². The minimum Gasteiger partial charge on any atom is -0.335 e. The maximum absolute atomic E-state index is 12.4. The maximum atomic E-state index is 12.4. The molecule has 1 unspecified atom stereocenters. The van der Waals surface area contributed by atoms with E-state index in [-0.39, 0.29) is 5.91 Å². The van der Waals surface area contributed by atoms with Gasteiger partial charge < -0.3 is 10.6 Å². The normalized spacial score (nSPS) is 15.9. The second kappa shape index (κ2) is 7.23. The molecule has 0 bridgehead atoms. The number of nitrogens with zero attached hydrogens (tertiary/aromatic N) is 1. The summed E-state index contributed by atoms with van der Waals surface area (Å²) in [6.07, 6.45) is 3.78. The summed E-state index contributed by atoms with van der Waals surface area (Å²) in [6.45, 7) is 3.46. The highest BCUT2D eigenvalue weighted by Crippen LogP contribution is 2.30. The van der Waals surface area contributed by atoms with Crippen LogP contribution in [0.5, 0.6) is 0 Å². The summed E-state index contributed by atoms with van der Waals surface area (Å²) in [5.41, 5.74) is 6.80. The highest BCUT2D eigenvalue weighted by Gasteiger charge is 2.32. The Morgan fingerprint density at radius 3 is 2.75 bits per heavy atom. The molecule has 4 heteroatoms. The van der Waals surface area contributed by atoms with Crippen LogP contribution in [-0.2, 0) is 11.3 Å². The summed E-state index contributed by atoms with van der Waals surface area (Å²) in [7, 11) is 0. The molecule has 3 nitrogen and oxygen atoms in total. The molecule has 1 aromatic rings. The first-order chi connectivity index (χ1) is 9.61. The average Bonchev–Trinajstić information content (AvgIpc) is 3.28. The van der Waals surface area contributed by atoms with Gasteiger partial charge in [-0.15, -0.1) is 0 Å². The lowest BCUT2D eigenvalue weighted by Crippen LogP contribution is -2.33. The van der Waals surface area contributed by atoms with Crippen molar-refractivity contribution in [2.45, 2.75) is 45.2 Å². The van der Waals surface area contributed by atoms with Crippen molar-refractivity contribution in [1.29, 1.82) is 0 Å². The Labute approximate surface area is 129 Å². The summed E-state index contributed by atoms with van der Waals surface area (Å²) in [5.74, 6) is 0.687. The largest absolute Gasteiger partial charge is 0.335 e. The Balaban J connectivity index is 1.97. The van der Waals surface area contributed by atoms with Crippen LogP contribution in [-0.4, -0.2) is 23.4 Å². The molecule has 1 aliphatic rings. The quantitative estimate of drug-likeness (QED) is 0.828. The number of hydrogen-bond donors (Lipinski definition) is 1. The lowest BCUT2D eigenvalue weighted by molar-refractivity contribution is -0.132. The molecule has 1 amide bonds. The van der Waals surface area contributed by atoms with Crippen LogP contribution in [0.15, 0.2) is 28.7 Å². The molecule has 0 radical (unpaired) electrons. The Kier molecular flexibility index (Phi) is 5.61. The molecule has 2 rings (SSSR count). The zero-order valence-electron chi connectivity index (χ0n) is 12.0. The van der Waals surface area contributed by atoms with Gasteiger partial charge in [-0.3, -0.25) is 4.79 Å². The number of carbonyl (C=O) groups is 1. The maximum Gasteiger partial charge on any atom is 0.223 e. The number of carbonyl (C=O) groups excluding carboxylic acids is 1. The van der Waals surface area contributed by atoms with Crippen LogP contribution >= 0.6 is 15.9 Å². The first kappa shape index (κ1) is 15.5. The minimum absolute atomic E-state index is 0.267. The van der Waals surface area contributed by atoms with Crippen molar-refractivity contribution in [3.63, 3.8) is 0 Å². The topological polar surface area (TPSA) is 46.3 Å². The van der Waals surface area contributed by atoms with Crippen LogP contribution in [0.2, 0.25) is 0 Å². The first-order valence-corrected chi connectivity index (χ1v) is 8.14. The van der Waals surface area contributed by atoms with Gasteiger partial charge >= 0.3 is 0 Å². The van der Waals surface area contributed by atoms with Gasteiger partial charge in [-0.05, 0) is 43.4 Å². The number of benzene rings is 1. The summed E-state index contributed by atoms with van der Waals surface area (Å²) in [5, 5.41) is 0. The van der Waals surface area contributed by atoms with Crippen molar-refractivity contribution in [3.8, 4) is 0 Å². The Bertz CT molecular complexity index is 460. The van der Waals surface area contributed by atoms with Crippen LogP contribution in [0, 0.1) is 5.92 Å². The number of rotatable bonds is 7. The third-order valence-corrected chi connectivity index (χ3v) is 4.63. The predicted molar refractivity (Wildman–Crippen MR) is 85.2 cm³/mol. The van der Waals surface area contributed by atoms with Crippen LogP contribution < -0.4 is 5.73 Å². The molecular formula is C16H23BrN2O. The first-order valence-electron chi connectivity index (χ1n) is 7.34. The number of nitrogens with two attached hydrogens (primary N) is 1. The smallest absolute Gasteiger partial charge is 0.223 e. The monoisotopic (exact) mass is 338 g/mol. The molecule has 0 aromatic heterocycles. The van der Waals surface area contributed by atoms with E-state index in [1.54, 1.807) is 0 Å². The lowest BCUT2D eigenvalue weighted by Gasteiger charge is -2.24. The molecule has 0 aliphatic heterocycles. The summed E-state index contributed by atoms with van der Waals surface area (Å²) < 4.78 is 1.08. The molecule has 1 aromatic carbocycles. The van der Waals surface area contributed by atoms with Gasteiger partial charge in [-0.2, -0.15) is 0 Å². The van der Waals surface area contributed by atoms with Gasteiger partial charge in [0.25, 0.3) is 0 Å². The van der Waals surface area contributed by atoms with Crippen molar-refractivity contribution in [1.82, 2.24) is 4.90 Å². The van der Waals surface area contributed by atoms with E-state index in [0.717, 1.165) is 23.7 Å². The van der Waals surface area contributed by atoms with E-state index in [1.165, 1.54) is 5.56 Å². The highest BCUT2D eigenvalue weighted by molar-refractivity contribution is 9.10. The second-order valence-corrected chi connectivity index (χ2v) is 6.58. The highest BCUT2D eigenvalue weighted by atomic mass is 79.9. The fraction of sp³-hybridized carbons (Fsp3) is 0.562. The van der Waals surface area contributed by atoms with Crippen molar-refractivity contribution in [2.24, 2.45) is 11.7 Å². The van der Waals surface area contributed by atoms with Gasteiger partial charge in [0, 0.05) is 23.5 Å². The number of halogens is 1. The van der Waals surface area contributed by atoms with Crippen LogP contribution in [0.25, 0.3) is 0 Å². The van der Waals surface area contributed by atoms with E-state index in [2.05, 4.69) is 28.9 Å². The van der Waals surface area contributed by atoms with E-state index in [9.17, 15) is 4.79 Å². The number of amides is 1. The van der Waals surface area contributed by atoms with E-state index >= 15 is 0 Å². The van der Waals surface area contributed by atoms with Crippen LogP contribution in [0.3, 0.4) is 0 Å². The molecule has 1 atom stereocenters. The Morgan fingerprint density at radius 2 is 2.15 bits per heavy atom. The predicted octanol–water partition coefficient (Wildman–Crippen LogP) is 3.32. The van der Waals surface area contributed by atoms with E-state index in [4.69, 9.17) is 5.73 Å². The van der Waals surface area contributed by atoms with E-state index < -0.39 is 0 Å². The molecule has 110 valence electrons. The molecule has 0 heterocycles. The molecule has 20 heavy (non-hydrogen) atoms. The zero-order valence-corrected chi connectivity index (χ0v) is 13.6. The summed E-state index contributed by atoms with van der Waals surface area (Å²) in [4.78, 5) is 14.5. The molecule has 2 N–H and O–H groups in total. The van der Waals surface area contributed by atoms with Crippen molar-refractivity contribution in [3.05, 3.63) is 34.3 Å². The van der Waals surface area contributed by atoms with E-state index in [0.29, 0.717) is 31.5 Å². The minimum atomic E-state index is 0.267. The van der Waals surface area contributed by atoms with E-state index in [1.807, 2.05) is 23.1 Å². The Hall–Kier alpha value is -0.870. The lowest BCUT2D eigenvalue weighted by atomic mass is 10.1. The second-order valence-electron chi connectivity index (χ2n) is 5.72. The fourth-order valence-electron chi connectivity index (χ4n) is 2.25. The average molecular weight is 339 g/mol. The van der Waals surface area contributed by atoms with Gasteiger partial charge in [0.2, 0.25) is 5.91 Å². The molecule has 0 spiro atoms. The zero-order chi connectivity index (χ0) is 14.5.